The van der Waals surface area contributed by atoms with E-state index in [1.54, 1.807) is 18.2 Å². The van der Waals surface area contributed by atoms with E-state index in [9.17, 15) is 13.2 Å². The molecule has 108 valence electrons. The lowest BCUT2D eigenvalue weighted by Gasteiger charge is -2.21. The van der Waals surface area contributed by atoms with E-state index in [1.807, 2.05) is 6.92 Å². The van der Waals surface area contributed by atoms with Gasteiger partial charge in [0, 0.05) is 6.04 Å². The molecule has 1 N–H and O–H groups in total. The highest BCUT2D eigenvalue weighted by molar-refractivity contribution is 6.42. The highest BCUT2D eigenvalue weighted by atomic mass is 35.5. The van der Waals surface area contributed by atoms with E-state index in [2.05, 4.69) is 5.32 Å². The molecule has 1 aromatic rings. The van der Waals surface area contributed by atoms with Gasteiger partial charge in [0.2, 0.25) is 0 Å². The van der Waals surface area contributed by atoms with Gasteiger partial charge in [0.05, 0.1) is 16.5 Å². The van der Waals surface area contributed by atoms with E-state index in [0.29, 0.717) is 22.2 Å². The molecule has 1 atom stereocenters. The van der Waals surface area contributed by atoms with E-state index < -0.39 is 18.6 Å². The van der Waals surface area contributed by atoms with E-state index in [1.165, 1.54) is 0 Å². The van der Waals surface area contributed by atoms with Crippen molar-refractivity contribution in [2.75, 3.05) is 6.54 Å². The van der Waals surface area contributed by atoms with Gasteiger partial charge in [-0.25, -0.2) is 0 Å². The maximum atomic E-state index is 12.5. The van der Waals surface area contributed by atoms with Crippen LogP contribution in [0.4, 0.5) is 13.2 Å². The Morgan fingerprint density at radius 3 is 2.53 bits per heavy atom. The molecule has 0 radical (unpaired) electrons. The number of hydrogen-bond donors (Lipinski definition) is 1. The Balaban J connectivity index is 2.78. The van der Waals surface area contributed by atoms with Crippen molar-refractivity contribution in [3.63, 3.8) is 0 Å². The van der Waals surface area contributed by atoms with Gasteiger partial charge >= 0.3 is 6.18 Å². The van der Waals surface area contributed by atoms with Crippen molar-refractivity contribution in [2.24, 2.45) is 0 Å². The minimum atomic E-state index is -4.20. The smallest absolute Gasteiger partial charge is 0.313 e. The normalized spacial score (nSPS) is 13.6. The van der Waals surface area contributed by atoms with Crippen molar-refractivity contribution in [2.45, 2.75) is 38.4 Å². The Morgan fingerprint density at radius 2 is 1.95 bits per heavy atom. The molecule has 0 heterocycles. The number of nitrogens with one attached hydrogen (secondary N) is 1. The predicted octanol–water partition coefficient (Wildman–Crippen LogP) is 4.86. The average Bonchev–Trinajstić information content (AvgIpc) is 2.30. The van der Waals surface area contributed by atoms with E-state index in [-0.39, 0.29) is 6.42 Å². The summed E-state index contributed by atoms with van der Waals surface area (Å²) in [5, 5.41) is 3.59. The van der Waals surface area contributed by atoms with Gasteiger partial charge in [-0.1, -0.05) is 42.3 Å². The van der Waals surface area contributed by atoms with Gasteiger partial charge in [-0.2, -0.15) is 13.2 Å². The second-order valence-electron chi connectivity index (χ2n) is 4.39. The van der Waals surface area contributed by atoms with Crippen LogP contribution in [0.1, 0.15) is 25.3 Å². The van der Waals surface area contributed by atoms with Gasteiger partial charge in [0.1, 0.15) is 0 Å². The van der Waals surface area contributed by atoms with Crippen LogP contribution in [0.25, 0.3) is 0 Å². The van der Waals surface area contributed by atoms with Gasteiger partial charge in [0.25, 0.3) is 0 Å². The van der Waals surface area contributed by atoms with E-state index in [0.717, 1.165) is 6.42 Å². The molecule has 1 rings (SSSR count). The first-order chi connectivity index (χ1) is 8.83. The van der Waals surface area contributed by atoms with Crippen molar-refractivity contribution in [1.29, 1.82) is 0 Å². The molecule has 19 heavy (non-hydrogen) atoms. The lowest BCUT2D eigenvalue weighted by atomic mass is 10.0. The van der Waals surface area contributed by atoms with Crippen LogP contribution in [0.15, 0.2) is 18.2 Å². The third-order valence-corrected chi connectivity index (χ3v) is 3.52. The Labute approximate surface area is 121 Å². The maximum absolute atomic E-state index is 12.5. The minimum absolute atomic E-state index is 0.207. The van der Waals surface area contributed by atoms with Crippen LogP contribution in [0.3, 0.4) is 0 Å². The fraction of sp³-hybridized carbons (Fsp3) is 0.538. The van der Waals surface area contributed by atoms with Crippen LogP contribution in [-0.4, -0.2) is 18.8 Å². The third-order valence-electron chi connectivity index (χ3n) is 2.66. The molecule has 0 aromatic heterocycles. The largest absolute Gasteiger partial charge is 0.390 e. The molecular formula is C13H16Cl2F3N. The molecule has 0 saturated carbocycles. The zero-order valence-corrected chi connectivity index (χ0v) is 12.0. The van der Waals surface area contributed by atoms with Crippen LogP contribution in [0.5, 0.6) is 0 Å². The summed E-state index contributed by atoms with van der Waals surface area (Å²) in [6.07, 6.45) is -4.09. The van der Waals surface area contributed by atoms with Gasteiger partial charge in [0.15, 0.2) is 0 Å². The molecule has 0 aliphatic heterocycles. The first-order valence-electron chi connectivity index (χ1n) is 6.06. The summed E-state index contributed by atoms with van der Waals surface area (Å²) in [5.41, 5.74) is 0.631. The SMILES string of the molecule is CCCNC(Cc1cccc(Cl)c1Cl)CC(F)(F)F. The summed E-state index contributed by atoms with van der Waals surface area (Å²) < 4.78 is 37.5. The monoisotopic (exact) mass is 313 g/mol. The fourth-order valence-corrected chi connectivity index (χ4v) is 2.21. The third kappa shape index (κ3) is 6.02. The Kier molecular flexibility index (Phi) is 6.43. The number of alkyl halides is 3. The summed E-state index contributed by atoms with van der Waals surface area (Å²) in [5.74, 6) is 0. The summed E-state index contributed by atoms with van der Waals surface area (Å²) in [4.78, 5) is 0. The molecule has 1 unspecified atom stereocenters. The topological polar surface area (TPSA) is 12.0 Å². The fourth-order valence-electron chi connectivity index (χ4n) is 1.82. The number of hydrogen-bond acceptors (Lipinski definition) is 1. The van der Waals surface area contributed by atoms with Crippen molar-refractivity contribution < 1.29 is 13.2 Å². The lowest BCUT2D eigenvalue weighted by molar-refractivity contribution is -0.139. The van der Waals surface area contributed by atoms with Crippen LogP contribution >= 0.6 is 23.2 Å². The molecule has 0 spiro atoms. The standard InChI is InChI=1S/C13H16Cl2F3N/c1-2-6-19-10(8-13(16,17)18)7-9-4-3-5-11(14)12(9)15/h3-5,10,19H,2,6-8H2,1H3. The molecule has 0 aliphatic carbocycles. The van der Waals surface area contributed by atoms with E-state index in [4.69, 9.17) is 23.2 Å². The van der Waals surface area contributed by atoms with Crippen molar-refractivity contribution in [3.8, 4) is 0 Å². The number of benzene rings is 1. The van der Waals surface area contributed by atoms with Crippen molar-refractivity contribution in [3.05, 3.63) is 33.8 Å². The summed E-state index contributed by atoms with van der Waals surface area (Å²) >= 11 is 11.9. The zero-order chi connectivity index (χ0) is 14.5. The van der Waals surface area contributed by atoms with Crippen LogP contribution in [-0.2, 0) is 6.42 Å². The lowest BCUT2D eigenvalue weighted by Crippen LogP contribution is -2.36. The summed E-state index contributed by atoms with van der Waals surface area (Å²) in [6.45, 7) is 2.45. The highest BCUT2D eigenvalue weighted by Gasteiger charge is 2.31. The number of rotatable bonds is 6. The minimum Gasteiger partial charge on any atom is -0.313 e. The Hall–Kier alpha value is -0.450. The molecule has 6 heteroatoms. The zero-order valence-electron chi connectivity index (χ0n) is 10.5. The van der Waals surface area contributed by atoms with Gasteiger partial charge in [-0.15, -0.1) is 0 Å². The second-order valence-corrected chi connectivity index (χ2v) is 5.17. The molecule has 0 bridgehead atoms. The van der Waals surface area contributed by atoms with Crippen molar-refractivity contribution in [1.82, 2.24) is 5.32 Å². The van der Waals surface area contributed by atoms with Crippen LogP contribution < -0.4 is 5.32 Å². The quantitative estimate of drug-likeness (QED) is 0.791. The summed E-state index contributed by atoms with van der Waals surface area (Å²) in [7, 11) is 0. The molecule has 1 aromatic carbocycles. The second kappa shape index (κ2) is 7.36. The maximum Gasteiger partial charge on any atom is 0.390 e. The predicted molar refractivity (Wildman–Crippen MR) is 72.9 cm³/mol. The van der Waals surface area contributed by atoms with Crippen LogP contribution in [0, 0.1) is 0 Å². The van der Waals surface area contributed by atoms with Gasteiger partial charge in [-0.05, 0) is 31.0 Å². The Bertz CT molecular complexity index is 407. The molecule has 0 aliphatic rings. The molecule has 0 saturated heterocycles. The van der Waals surface area contributed by atoms with Crippen LogP contribution in [0.2, 0.25) is 10.0 Å². The summed E-state index contributed by atoms with van der Waals surface area (Å²) in [6, 6.07) is 4.32. The first kappa shape index (κ1) is 16.6. The molecule has 1 nitrogen and oxygen atoms in total. The van der Waals surface area contributed by atoms with Gasteiger partial charge in [-0.3, -0.25) is 0 Å². The van der Waals surface area contributed by atoms with Gasteiger partial charge < -0.3 is 5.32 Å². The van der Waals surface area contributed by atoms with Crippen molar-refractivity contribution >= 4 is 23.2 Å². The Morgan fingerprint density at radius 1 is 1.26 bits per heavy atom. The molecular weight excluding hydrogens is 298 g/mol. The van der Waals surface area contributed by atoms with E-state index >= 15 is 0 Å². The molecule has 0 fully saturated rings. The first-order valence-corrected chi connectivity index (χ1v) is 6.82. The number of halogens is 5. The average molecular weight is 314 g/mol. The highest BCUT2D eigenvalue weighted by Crippen LogP contribution is 2.29. The molecule has 0 amide bonds.